The first-order valence-corrected chi connectivity index (χ1v) is 0. The smallest absolute Gasteiger partial charge is 0.358 e. The zero-order chi connectivity index (χ0) is 0. The summed E-state index contributed by atoms with van der Waals surface area (Å²) in [7, 11) is 0. The molecule has 0 heterocycles. The first-order chi connectivity index (χ1) is 0. The van der Waals surface area contributed by atoms with Crippen LogP contribution in [0.4, 0.5) is 0 Å². The predicted molar refractivity (Wildman–Crippen MR) is 19.2 cm³/mol. The van der Waals surface area contributed by atoms with Gasteiger partial charge in [-0.25, -0.2) is 0 Å². The van der Waals surface area contributed by atoms with Crippen molar-refractivity contribution in [2.75, 3.05) is 0 Å². The minimum absolute atomic E-state index is 0. The molecule has 0 nitrogen and oxygen atoms in total. The Morgan fingerprint density at radius 1 is 0.500 bits per heavy atom. The Balaban J connectivity index is 0. The Morgan fingerprint density at radius 3 is 0.500 bits per heavy atom. The first kappa shape index (κ1) is 94.4. The van der Waals surface area contributed by atoms with Crippen molar-refractivity contribution in [1.82, 2.24) is 0 Å². The normalized spacial score (nSPS) is 0. The molecule has 1 heteroatoms. The SMILES string of the molecule is [CH3-].[CH3-].[CH3-].[Zr+4]. The molecule has 0 unspecified atom stereocenters. The molecule has 0 bridgehead atoms. The summed E-state index contributed by atoms with van der Waals surface area (Å²) in [5.41, 5.74) is 0. The second kappa shape index (κ2) is 41.4. The molecule has 0 saturated carbocycles. The van der Waals surface area contributed by atoms with E-state index >= 15 is 0 Å². The van der Waals surface area contributed by atoms with E-state index in [1.807, 2.05) is 0 Å². The molecule has 0 atom stereocenters. The molecular formula is C3H9Zr+. The van der Waals surface area contributed by atoms with Crippen molar-refractivity contribution < 1.29 is 26.2 Å². The third-order valence-electron chi connectivity index (χ3n) is 0. The molecule has 0 aliphatic carbocycles. The molecular weight excluding hydrogens is 127 g/mol. The van der Waals surface area contributed by atoms with Gasteiger partial charge in [0, 0.05) is 0 Å². The van der Waals surface area contributed by atoms with Crippen LogP contribution >= 0.6 is 0 Å². The van der Waals surface area contributed by atoms with Gasteiger partial charge in [0.25, 0.3) is 0 Å². The van der Waals surface area contributed by atoms with Gasteiger partial charge in [-0.05, 0) is 0 Å². The van der Waals surface area contributed by atoms with E-state index in [0.29, 0.717) is 0 Å². The van der Waals surface area contributed by atoms with Crippen molar-refractivity contribution in [2.24, 2.45) is 0 Å². The maximum atomic E-state index is 0. The van der Waals surface area contributed by atoms with Crippen LogP contribution in [0.3, 0.4) is 0 Å². The predicted octanol–water partition coefficient (Wildman–Crippen LogP) is 1.35. The Hall–Kier alpha value is 0.883. The van der Waals surface area contributed by atoms with E-state index in [1.165, 1.54) is 0 Å². The van der Waals surface area contributed by atoms with E-state index in [2.05, 4.69) is 0 Å². The molecule has 0 rings (SSSR count). The van der Waals surface area contributed by atoms with Crippen molar-refractivity contribution in [1.29, 1.82) is 0 Å². The number of rotatable bonds is 0. The fourth-order valence-electron chi connectivity index (χ4n) is 0. The summed E-state index contributed by atoms with van der Waals surface area (Å²) in [6.45, 7) is 0. The van der Waals surface area contributed by atoms with Crippen LogP contribution in [-0.4, -0.2) is 0 Å². The van der Waals surface area contributed by atoms with Crippen LogP contribution in [0.2, 0.25) is 0 Å². The third kappa shape index (κ3) is 13.1. The quantitative estimate of drug-likeness (QED) is 0.441. The molecule has 4 heavy (non-hydrogen) atoms. The van der Waals surface area contributed by atoms with Gasteiger partial charge in [-0.1, -0.05) is 0 Å². The summed E-state index contributed by atoms with van der Waals surface area (Å²) < 4.78 is 0. The van der Waals surface area contributed by atoms with E-state index in [9.17, 15) is 0 Å². The van der Waals surface area contributed by atoms with Crippen LogP contribution in [-0.2, 0) is 26.2 Å². The van der Waals surface area contributed by atoms with Crippen molar-refractivity contribution in [2.45, 2.75) is 0 Å². The topological polar surface area (TPSA) is 0 Å². The van der Waals surface area contributed by atoms with E-state index < -0.39 is 0 Å². The zero-order valence-electron chi connectivity index (χ0n) is 3.50. The van der Waals surface area contributed by atoms with Gasteiger partial charge in [-0.2, -0.15) is 0 Å². The van der Waals surface area contributed by atoms with Gasteiger partial charge >= 0.3 is 26.2 Å². The van der Waals surface area contributed by atoms with Crippen LogP contribution in [0.1, 0.15) is 0 Å². The molecule has 0 aromatic rings. The van der Waals surface area contributed by atoms with Crippen LogP contribution in [0.5, 0.6) is 0 Å². The zero-order valence-corrected chi connectivity index (χ0v) is 5.96. The molecule has 0 aromatic carbocycles. The van der Waals surface area contributed by atoms with E-state index in [0.717, 1.165) is 0 Å². The van der Waals surface area contributed by atoms with Gasteiger partial charge in [0.15, 0.2) is 0 Å². The average Bonchev–Trinajstić information content (AvgIpc) is 0. The minimum Gasteiger partial charge on any atom is -0.358 e. The third-order valence-corrected chi connectivity index (χ3v) is 0. The molecule has 0 amide bonds. The second-order valence-corrected chi connectivity index (χ2v) is 0. The van der Waals surface area contributed by atoms with E-state index in [1.54, 1.807) is 0 Å². The summed E-state index contributed by atoms with van der Waals surface area (Å²) >= 11 is 0. The Morgan fingerprint density at radius 2 is 0.500 bits per heavy atom. The van der Waals surface area contributed by atoms with Crippen LogP contribution in [0, 0.1) is 22.3 Å². The summed E-state index contributed by atoms with van der Waals surface area (Å²) in [6, 6.07) is 0. The molecule has 0 aliphatic heterocycles. The molecule has 0 aromatic heterocycles. The summed E-state index contributed by atoms with van der Waals surface area (Å²) in [5.74, 6) is 0. The number of hydrogen-bond donors (Lipinski definition) is 0. The average molecular weight is 136 g/mol. The maximum absolute atomic E-state index is 0. The molecule has 0 spiro atoms. The molecule has 0 saturated heterocycles. The van der Waals surface area contributed by atoms with Gasteiger partial charge in [0.2, 0.25) is 0 Å². The van der Waals surface area contributed by atoms with Crippen molar-refractivity contribution in [3.63, 3.8) is 0 Å². The van der Waals surface area contributed by atoms with Gasteiger partial charge in [0.05, 0.1) is 0 Å². The molecule has 0 radical (unpaired) electrons. The van der Waals surface area contributed by atoms with Crippen molar-refractivity contribution in [3.05, 3.63) is 22.3 Å². The first-order valence-electron chi connectivity index (χ1n) is 0. The van der Waals surface area contributed by atoms with E-state index in [-0.39, 0.29) is 48.5 Å². The minimum atomic E-state index is 0. The molecule has 0 fully saturated rings. The van der Waals surface area contributed by atoms with Gasteiger partial charge < -0.3 is 22.3 Å². The van der Waals surface area contributed by atoms with Crippen molar-refractivity contribution >= 4 is 0 Å². The molecule has 0 aliphatic rings. The Bertz CT molecular complexity index is 3.25. The Labute approximate surface area is 48.7 Å². The summed E-state index contributed by atoms with van der Waals surface area (Å²) in [5, 5.41) is 0. The van der Waals surface area contributed by atoms with Crippen molar-refractivity contribution in [3.8, 4) is 0 Å². The largest absolute Gasteiger partial charge is 4.00 e. The molecule has 24 valence electrons. The maximum Gasteiger partial charge on any atom is 4.00 e. The Kier molecular flexibility index (Phi) is 977. The fourth-order valence-corrected chi connectivity index (χ4v) is 0. The van der Waals surface area contributed by atoms with Gasteiger partial charge in [-0.15, -0.1) is 0 Å². The van der Waals surface area contributed by atoms with Gasteiger partial charge in [-0.3, -0.25) is 0 Å². The van der Waals surface area contributed by atoms with Crippen LogP contribution in [0.25, 0.3) is 0 Å². The standard InChI is InChI=1S/3CH3.Zr/h3*1H3;/q3*-1;+4. The number of hydrogen-bond acceptors (Lipinski definition) is 0. The summed E-state index contributed by atoms with van der Waals surface area (Å²) in [4.78, 5) is 0. The second-order valence-electron chi connectivity index (χ2n) is 0. The van der Waals surface area contributed by atoms with Gasteiger partial charge in [0.1, 0.15) is 0 Å². The molecule has 0 N–H and O–H groups in total. The summed E-state index contributed by atoms with van der Waals surface area (Å²) in [6.07, 6.45) is 0. The monoisotopic (exact) mass is 135 g/mol. The fraction of sp³-hybridized carbons (Fsp3) is 0. The van der Waals surface area contributed by atoms with E-state index in [4.69, 9.17) is 0 Å². The van der Waals surface area contributed by atoms with Crippen LogP contribution in [0.15, 0.2) is 0 Å². The van der Waals surface area contributed by atoms with Crippen LogP contribution < -0.4 is 0 Å².